The molecule has 0 fully saturated rings. The van der Waals surface area contributed by atoms with Crippen molar-refractivity contribution in [3.05, 3.63) is 0 Å². The number of hydrogen-bond donors (Lipinski definition) is 2. The molecule has 0 aliphatic rings. The van der Waals surface area contributed by atoms with Gasteiger partial charge >= 0.3 is 0 Å². The van der Waals surface area contributed by atoms with Crippen molar-refractivity contribution in [2.45, 2.75) is 12.4 Å². The van der Waals surface area contributed by atoms with E-state index in [0.29, 0.717) is 0 Å². The second kappa shape index (κ2) is 4.43. The highest BCUT2D eigenvalue weighted by atomic mass is 32.2. The van der Waals surface area contributed by atoms with E-state index in [1.807, 2.05) is 7.05 Å². The Morgan fingerprint density at radius 3 is 2.57 bits per heavy atom. The SMILES string of the molecule is CCSC(N)NC. The number of thioether (sulfide) groups is 1. The molecule has 2 nitrogen and oxygen atoms in total. The van der Waals surface area contributed by atoms with Crippen molar-refractivity contribution >= 4 is 11.8 Å². The van der Waals surface area contributed by atoms with Crippen molar-refractivity contribution in [1.29, 1.82) is 0 Å². The Balaban J connectivity index is 2.83. The Hall–Kier alpha value is 0.270. The third-order valence-electron chi connectivity index (χ3n) is 0.631. The van der Waals surface area contributed by atoms with Crippen molar-refractivity contribution in [2.75, 3.05) is 12.8 Å². The smallest absolute Gasteiger partial charge is 0.103 e. The molecule has 0 aromatic rings. The minimum absolute atomic E-state index is 0.116. The molecule has 7 heavy (non-hydrogen) atoms. The third kappa shape index (κ3) is 4.12. The van der Waals surface area contributed by atoms with Crippen LogP contribution in [-0.4, -0.2) is 18.3 Å². The Labute approximate surface area is 48.8 Å². The van der Waals surface area contributed by atoms with Gasteiger partial charge in [-0.25, -0.2) is 0 Å². The first-order chi connectivity index (χ1) is 3.31. The van der Waals surface area contributed by atoms with Gasteiger partial charge in [-0.15, -0.1) is 11.8 Å². The largest absolute Gasteiger partial charge is 0.307 e. The van der Waals surface area contributed by atoms with E-state index in [2.05, 4.69) is 12.2 Å². The van der Waals surface area contributed by atoms with Crippen LogP contribution in [0.2, 0.25) is 0 Å². The summed E-state index contributed by atoms with van der Waals surface area (Å²) < 4.78 is 0. The van der Waals surface area contributed by atoms with Crippen LogP contribution in [0, 0.1) is 0 Å². The maximum atomic E-state index is 5.44. The van der Waals surface area contributed by atoms with Crippen LogP contribution in [0.1, 0.15) is 6.92 Å². The molecular weight excluding hydrogens is 108 g/mol. The van der Waals surface area contributed by atoms with Crippen LogP contribution in [-0.2, 0) is 0 Å². The molecule has 0 aromatic carbocycles. The summed E-state index contributed by atoms with van der Waals surface area (Å²) in [6.45, 7) is 2.09. The van der Waals surface area contributed by atoms with Crippen LogP contribution in [0.15, 0.2) is 0 Å². The molecule has 0 heterocycles. The van der Waals surface area contributed by atoms with E-state index in [4.69, 9.17) is 5.73 Å². The Bertz CT molecular complexity index is 40.7. The summed E-state index contributed by atoms with van der Waals surface area (Å²) in [6, 6.07) is 0. The highest BCUT2D eigenvalue weighted by Gasteiger charge is 1.91. The normalized spacial score (nSPS) is 14.1. The topological polar surface area (TPSA) is 38.0 Å². The molecule has 1 unspecified atom stereocenters. The molecule has 0 amide bonds. The molecule has 0 rings (SSSR count). The molecule has 0 spiro atoms. The standard InChI is InChI=1S/C4H12N2S/c1-3-7-4(5)6-2/h4,6H,3,5H2,1-2H3. The Kier molecular flexibility index (Phi) is 4.60. The van der Waals surface area contributed by atoms with E-state index in [9.17, 15) is 0 Å². The van der Waals surface area contributed by atoms with Gasteiger partial charge in [-0.1, -0.05) is 6.92 Å². The summed E-state index contributed by atoms with van der Waals surface area (Å²) >= 11 is 1.70. The molecule has 0 bridgehead atoms. The maximum absolute atomic E-state index is 5.44. The zero-order valence-electron chi connectivity index (χ0n) is 4.77. The van der Waals surface area contributed by atoms with E-state index in [1.54, 1.807) is 11.8 Å². The molecule has 1 atom stereocenters. The first-order valence-electron chi connectivity index (χ1n) is 2.35. The molecule has 3 heteroatoms. The van der Waals surface area contributed by atoms with E-state index >= 15 is 0 Å². The van der Waals surface area contributed by atoms with Crippen LogP contribution in [0.4, 0.5) is 0 Å². The van der Waals surface area contributed by atoms with E-state index in [0.717, 1.165) is 5.75 Å². The summed E-state index contributed by atoms with van der Waals surface area (Å²) in [4.78, 5) is 0. The average Bonchev–Trinajstić information content (AvgIpc) is 1.68. The van der Waals surface area contributed by atoms with Gasteiger partial charge in [0.15, 0.2) is 0 Å². The van der Waals surface area contributed by atoms with Gasteiger partial charge in [0.25, 0.3) is 0 Å². The second-order valence-corrected chi connectivity index (χ2v) is 2.58. The summed E-state index contributed by atoms with van der Waals surface area (Å²) in [7, 11) is 1.85. The predicted octanol–water partition coefficient (Wildman–Crippen LogP) is 0.201. The lowest BCUT2D eigenvalue weighted by molar-refractivity contribution is 0.775. The zero-order valence-corrected chi connectivity index (χ0v) is 5.59. The Morgan fingerprint density at radius 1 is 1.86 bits per heavy atom. The highest BCUT2D eigenvalue weighted by Crippen LogP contribution is 1.98. The van der Waals surface area contributed by atoms with Gasteiger partial charge in [-0.05, 0) is 12.8 Å². The van der Waals surface area contributed by atoms with Crippen LogP contribution in [0.3, 0.4) is 0 Å². The molecule has 0 aliphatic heterocycles. The number of rotatable bonds is 3. The van der Waals surface area contributed by atoms with Gasteiger partial charge in [0.1, 0.15) is 5.50 Å². The van der Waals surface area contributed by atoms with E-state index in [-0.39, 0.29) is 5.50 Å². The van der Waals surface area contributed by atoms with Crippen molar-refractivity contribution in [3.63, 3.8) is 0 Å². The molecule has 44 valence electrons. The predicted molar refractivity (Wildman–Crippen MR) is 35.2 cm³/mol. The molecule has 3 N–H and O–H groups in total. The lowest BCUT2D eigenvalue weighted by Crippen LogP contribution is -2.30. The minimum Gasteiger partial charge on any atom is -0.307 e. The summed E-state index contributed by atoms with van der Waals surface area (Å²) in [5.74, 6) is 1.07. The van der Waals surface area contributed by atoms with Crippen molar-refractivity contribution in [1.82, 2.24) is 5.32 Å². The van der Waals surface area contributed by atoms with Gasteiger partial charge in [0.05, 0.1) is 0 Å². The van der Waals surface area contributed by atoms with E-state index in [1.165, 1.54) is 0 Å². The van der Waals surface area contributed by atoms with Gasteiger partial charge < -0.3 is 5.73 Å². The summed E-state index contributed by atoms with van der Waals surface area (Å²) in [5, 5.41) is 2.91. The van der Waals surface area contributed by atoms with Gasteiger partial charge in [0, 0.05) is 0 Å². The quantitative estimate of drug-likeness (QED) is 0.523. The van der Waals surface area contributed by atoms with Crippen molar-refractivity contribution in [2.24, 2.45) is 5.73 Å². The monoisotopic (exact) mass is 120 g/mol. The number of nitrogens with one attached hydrogen (secondary N) is 1. The molecule has 0 radical (unpaired) electrons. The first-order valence-corrected chi connectivity index (χ1v) is 3.40. The lowest BCUT2D eigenvalue weighted by atomic mass is 11.0. The maximum Gasteiger partial charge on any atom is 0.103 e. The highest BCUT2D eigenvalue weighted by molar-refractivity contribution is 7.99. The van der Waals surface area contributed by atoms with Gasteiger partial charge in [-0.2, -0.15) is 0 Å². The van der Waals surface area contributed by atoms with Crippen molar-refractivity contribution < 1.29 is 0 Å². The number of hydrogen-bond acceptors (Lipinski definition) is 3. The van der Waals surface area contributed by atoms with Crippen LogP contribution < -0.4 is 11.1 Å². The molecule has 0 saturated heterocycles. The van der Waals surface area contributed by atoms with Gasteiger partial charge in [-0.3, -0.25) is 5.32 Å². The van der Waals surface area contributed by atoms with Gasteiger partial charge in [0.2, 0.25) is 0 Å². The minimum atomic E-state index is 0.116. The summed E-state index contributed by atoms with van der Waals surface area (Å²) in [6.07, 6.45) is 0. The summed E-state index contributed by atoms with van der Waals surface area (Å²) in [5.41, 5.74) is 5.55. The fraction of sp³-hybridized carbons (Fsp3) is 1.00. The van der Waals surface area contributed by atoms with Crippen LogP contribution in [0.25, 0.3) is 0 Å². The third-order valence-corrected chi connectivity index (χ3v) is 1.56. The Morgan fingerprint density at radius 2 is 2.43 bits per heavy atom. The second-order valence-electron chi connectivity index (χ2n) is 1.16. The first kappa shape index (κ1) is 7.27. The average molecular weight is 120 g/mol. The zero-order chi connectivity index (χ0) is 5.70. The number of nitrogens with two attached hydrogens (primary N) is 1. The molecule has 0 aliphatic carbocycles. The molecule has 0 aromatic heterocycles. The van der Waals surface area contributed by atoms with Crippen molar-refractivity contribution in [3.8, 4) is 0 Å². The fourth-order valence-electron chi connectivity index (χ4n) is 0.263. The van der Waals surface area contributed by atoms with E-state index < -0.39 is 0 Å². The fourth-order valence-corrected chi connectivity index (χ4v) is 0.789. The lowest BCUT2D eigenvalue weighted by Gasteiger charge is -2.05. The van der Waals surface area contributed by atoms with Crippen LogP contribution in [0.5, 0.6) is 0 Å². The van der Waals surface area contributed by atoms with Crippen LogP contribution >= 0.6 is 11.8 Å². The molecular formula is C4H12N2S. The molecule has 0 saturated carbocycles.